The molecule has 0 aliphatic carbocycles. The highest BCUT2D eigenvalue weighted by Gasteiger charge is 2.30. The number of carbonyl (C=O) groups is 2. The summed E-state index contributed by atoms with van der Waals surface area (Å²) in [5, 5.41) is 22.6. The van der Waals surface area contributed by atoms with Crippen LogP contribution in [0.4, 0.5) is 10.5 Å². The Morgan fingerprint density at radius 3 is 2.40 bits per heavy atom. The third-order valence-electron chi connectivity index (χ3n) is 6.23. The molecule has 0 radical (unpaired) electrons. The third kappa shape index (κ3) is 6.65. The lowest BCUT2D eigenvalue weighted by molar-refractivity contribution is 0.0506. The third-order valence-corrected chi connectivity index (χ3v) is 6.23. The number of hydrogen-bond donors (Lipinski definition) is 2. The van der Waals surface area contributed by atoms with E-state index in [-0.39, 0.29) is 31.1 Å². The van der Waals surface area contributed by atoms with Gasteiger partial charge in [0.05, 0.1) is 25.9 Å². The van der Waals surface area contributed by atoms with Crippen LogP contribution in [0.3, 0.4) is 0 Å². The maximum Gasteiger partial charge on any atom is 0.411 e. The molecule has 1 heterocycles. The SMILES string of the molecule is CCOC(=O)c1c(C(O)c2cc(C)cc(C)c2NC(=O)OCc2ccccc2)nnn1Cc1ccc(OC)cc1. The largest absolute Gasteiger partial charge is 0.497 e. The zero-order valence-electron chi connectivity index (χ0n) is 22.9. The number of anilines is 1. The summed E-state index contributed by atoms with van der Waals surface area (Å²) in [6.07, 6.45) is -2.08. The number of rotatable bonds is 10. The fourth-order valence-corrected chi connectivity index (χ4v) is 4.33. The number of nitrogens with one attached hydrogen (secondary N) is 1. The Labute approximate surface area is 232 Å². The number of methoxy groups -OCH3 is 1. The van der Waals surface area contributed by atoms with Crippen molar-refractivity contribution in [2.75, 3.05) is 19.0 Å². The summed E-state index contributed by atoms with van der Waals surface area (Å²) in [4.78, 5) is 25.8. The van der Waals surface area contributed by atoms with Gasteiger partial charge < -0.3 is 19.3 Å². The number of amides is 1. The van der Waals surface area contributed by atoms with Crippen LogP contribution in [-0.4, -0.2) is 45.9 Å². The summed E-state index contributed by atoms with van der Waals surface area (Å²) in [6, 6.07) is 20.2. The van der Waals surface area contributed by atoms with Gasteiger partial charge in [0, 0.05) is 5.56 Å². The first-order valence-corrected chi connectivity index (χ1v) is 12.8. The highest BCUT2D eigenvalue weighted by atomic mass is 16.5. The maximum absolute atomic E-state index is 13.0. The van der Waals surface area contributed by atoms with Crippen LogP contribution in [0.25, 0.3) is 0 Å². The number of benzene rings is 3. The Balaban J connectivity index is 1.65. The minimum Gasteiger partial charge on any atom is -0.497 e. The normalized spacial score (nSPS) is 11.5. The van der Waals surface area contributed by atoms with Gasteiger partial charge in [0.15, 0.2) is 5.69 Å². The van der Waals surface area contributed by atoms with Gasteiger partial charge in [0.2, 0.25) is 0 Å². The summed E-state index contributed by atoms with van der Waals surface area (Å²) < 4.78 is 17.3. The van der Waals surface area contributed by atoms with Crippen molar-refractivity contribution in [2.45, 2.75) is 40.0 Å². The monoisotopic (exact) mass is 544 g/mol. The van der Waals surface area contributed by atoms with Crippen LogP contribution in [0, 0.1) is 13.8 Å². The molecule has 0 saturated heterocycles. The summed E-state index contributed by atoms with van der Waals surface area (Å²) >= 11 is 0. The second-order valence-electron chi connectivity index (χ2n) is 9.18. The van der Waals surface area contributed by atoms with Gasteiger partial charge in [-0.1, -0.05) is 65.4 Å². The first-order valence-electron chi connectivity index (χ1n) is 12.8. The molecule has 0 aliphatic heterocycles. The quantitative estimate of drug-likeness (QED) is 0.269. The number of nitrogens with zero attached hydrogens (tertiary/aromatic N) is 3. The zero-order valence-corrected chi connectivity index (χ0v) is 22.9. The number of carbonyl (C=O) groups excluding carboxylic acids is 2. The Hall–Kier alpha value is -4.70. The van der Waals surface area contributed by atoms with E-state index in [1.165, 1.54) is 4.68 Å². The average molecular weight is 545 g/mol. The molecule has 1 amide bonds. The molecule has 3 aromatic carbocycles. The van der Waals surface area contributed by atoms with E-state index in [2.05, 4.69) is 15.6 Å². The maximum atomic E-state index is 13.0. The van der Waals surface area contributed by atoms with Gasteiger partial charge in [-0.2, -0.15) is 0 Å². The minimum atomic E-state index is -1.40. The second-order valence-corrected chi connectivity index (χ2v) is 9.18. The lowest BCUT2D eigenvalue weighted by Gasteiger charge is -2.19. The van der Waals surface area contributed by atoms with Crippen molar-refractivity contribution in [1.82, 2.24) is 15.0 Å². The van der Waals surface area contributed by atoms with Crippen molar-refractivity contribution in [3.05, 3.63) is 106 Å². The standard InChI is InChI=1S/C30H32N4O6/c1-5-39-29(36)27-26(32-33-34(27)17-21-11-13-23(38-4)14-12-21)28(35)24-16-19(2)15-20(3)25(24)31-30(37)40-18-22-9-7-6-8-10-22/h6-16,28,35H,5,17-18H2,1-4H3,(H,31,37). The molecule has 0 saturated carbocycles. The molecule has 40 heavy (non-hydrogen) atoms. The highest BCUT2D eigenvalue weighted by molar-refractivity contribution is 5.90. The zero-order chi connectivity index (χ0) is 28.6. The molecule has 0 aliphatic rings. The molecular weight excluding hydrogens is 512 g/mol. The average Bonchev–Trinajstić information content (AvgIpc) is 3.37. The highest BCUT2D eigenvalue weighted by Crippen LogP contribution is 2.33. The van der Waals surface area contributed by atoms with Crippen molar-refractivity contribution < 1.29 is 28.9 Å². The van der Waals surface area contributed by atoms with Crippen molar-refractivity contribution in [3.8, 4) is 5.75 Å². The summed E-state index contributed by atoms with van der Waals surface area (Å²) in [6.45, 7) is 5.80. The van der Waals surface area contributed by atoms with Gasteiger partial charge in [-0.05, 0) is 49.6 Å². The molecule has 208 valence electrons. The molecule has 0 bridgehead atoms. The van der Waals surface area contributed by atoms with E-state index < -0.39 is 18.2 Å². The smallest absolute Gasteiger partial charge is 0.411 e. The topological polar surface area (TPSA) is 125 Å². The molecular formula is C30H32N4O6. The van der Waals surface area contributed by atoms with Gasteiger partial charge in [0.25, 0.3) is 0 Å². The number of aliphatic hydroxyl groups excluding tert-OH is 1. The summed E-state index contributed by atoms with van der Waals surface area (Å²) in [5.41, 5.74) is 3.96. The van der Waals surface area contributed by atoms with E-state index in [9.17, 15) is 14.7 Å². The molecule has 2 N–H and O–H groups in total. The molecule has 1 atom stereocenters. The van der Waals surface area contributed by atoms with Crippen LogP contribution < -0.4 is 10.1 Å². The van der Waals surface area contributed by atoms with Crippen LogP contribution >= 0.6 is 0 Å². The molecule has 1 aromatic heterocycles. The minimum absolute atomic E-state index is 0.0117. The van der Waals surface area contributed by atoms with Gasteiger partial charge in [-0.15, -0.1) is 5.10 Å². The second kappa shape index (κ2) is 12.9. The molecule has 0 fully saturated rings. The predicted molar refractivity (Wildman–Crippen MR) is 148 cm³/mol. The van der Waals surface area contributed by atoms with Crippen molar-refractivity contribution in [3.63, 3.8) is 0 Å². The predicted octanol–water partition coefficient (Wildman–Crippen LogP) is 4.96. The number of aromatic nitrogens is 3. The van der Waals surface area contributed by atoms with E-state index in [4.69, 9.17) is 14.2 Å². The van der Waals surface area contributed by atoms with Crippen LogP contribution in [0.15, 0.2) is 66.7 Å². The number of aliphatic hydroxyl groups is 1. The van der Waals surface area contributed by atoms with E-state index in [1.807, 2.05) is 62.4 Å². The van der Waals surface area contributed by atoms with E-state index in [1.54, 1.807) is 32.2 Å². The molecule has 0 spiro atoms. The fourth-order valence-electron chi connectivity index (χ4n) is 4.33. The molecule has 4 rings (SSSR count). The first-order chi connectivity index (χ1) is 19.3. The van der Waals surface area contributed by atoms with Gasteiger partial charge in [0.1, 0.15) is 24.2 Å². The molecule has 10 heteroatoms. The lowest BCUT2D eigenvalue weighted by Crippen LogP contribution is -2.19. The van der Waals surface area contributed by atoms with Crippen molar-refractivity contribution in [1.29, 1.82) is 0 Å². The Bertz CT molecular complexity index is 1470. The lowest BCUT2D eigenvalue weighted by atomic mass is 9.97. The van der Waals surface area contributed by atoms with E-state index >= 15 is 0 Å². The Morgan fingerprint density at radius 1 is 1.00 bits per heavy atom. The van der Waals surface area contributed by atoms with Gasteiger partial charge >= 0.3 is 12.1 Å². The number of ether oxygens (including phenoxy) is 3. The van der Waals surface area contributed by atoms with Crippen LogP contribution in [-0.2, 0) is 22.6 Å². The Morgan fingerprint density at radius 2 is 1.73 bits per heavy atom. The number of hydrogen-bond acceptors (Lipinski definition) is 8. The molecule has 10 nitrogen and oxygen atoms in total. The summed E-state index contributed by atoms with van der Waals surface area (Å²) in [5.74, 6) is 0.0254. The van der Waals surface area contributed by atoms with Crippen molar-refractivity contribution >= 4 is 17.7 Å². The number of aryl methyl sites for hydroxylation is 2. The fraction of sp³-hybridized carbons (Fsp3) is 0.267. The first kappa shape index (κ1) is 28.3. The summed E-state index contributed by atoms with van der Waals surface area (Å²) in [7, 11) is 1.58. The van der Waals surface area contributed by atoms with E-state index in [0.717, 1.165) is 16.7 Å². The van der Waals surface area contributed by atoms with E-state index in [0.29, 0.717) is 22.6 Å². The van der Waals surface area contributed by atoms with Crippen LogP contribution in [0.2, 0.25) is 0 Å². The Kier molecular flexibility index (Phi) is 9.13. The van der Waals surface area contributed by atoms with Gasteiger partial charge in [-0.3, -0.25) is 5.32 Å². The number of esters is 1. The molecule has 4 aromatic rings. The van der Waals surface area contributed by atoms with Crippen LogP contribution in [0.1, 0.15) is 57.0 Å². The van der Waals surface area contributed by atoms with Crippen LogP contribution in [0.5, 0.6) is 5.75 Å². The van der Waals surface area contributed by atoms with Crippen molar-refractivity contribution in [2.24, 2.45) is 0 Å². The molecule has 1 unspecified atom stereocenters. The van der Waals surface area contributed by atoms with Gasteiger partial charge in [-0.25, -0.2) is 14.3 Å².